The second kappa shape index (κ2) is 6.89. The van der Waals surface area contributed by atoms with Gasteiger partial charge in [0.2, 0.25) is 0 Å². The van der Waals surface area contributed by atoms with Crippen LogP contribution in [0.25, 0.3) is 11.1 Å². The normalized spacial score (nSPS) is 20.4. The van der Waals surface area contributed by atoms with Crippen LogP contribution in [-0.4, -0.2) is 40.7 Å². The van der Waals surface area contributed by atoms with E-state index in [1.54, 1.807) is 0 Å². The lowest BCUT2D eigenvalue weighted by molar-refractivity contribution is -0.0588. The van der Waals surface area contributed by atoms with E-state index in [1.165, 1.54) is 11.1 Å². The van der Waals surface area contributed by atoms with E-state index < -0.39 is 0 Å². The van der Waals surface area contributed by atoms with Gasteiger partial charge in [-0.2, -0.15) is 0 Å². The average Bonchev–Trinajstić information content (AvgIpc) is 3.11. The molecule has 1 fully saturated rings. The van der Waals surface area contributed by atoms with Gasteiger partial charge < -0.3 is 18.6 Å². The van der Waals surface area contributed by atoms with Crippen molar-refractivity contribution in [2.75, 3.05) is 13.1 Å². The molecule has 0 aliphatic carbocycles. The lowest BCUT2D eigenvalue weighted by atomic mass is 10.1. The molecule has 2 aromatic heterocycles. The number of carbonyl (C=O) groups is 1. The molecule has 3 heterocycles. The number of benzene rings is 1. The number of aryl methyl sites for hydroxylation is 2. The Bertz CT molecular complexity index is 975. The van der Waals surface area contributed by atoms with Gasteiger partial charge in [0.15, 0.2) is 5.58 Å². The summed E-state index contributed by atoms with van der Waals surface area (Å²) >= 11 is 0. The minimum atomic E-state index is 0.0358. The van der Waals surface area contributed by atoms with E-state index >= 15 is 0 Å². The van der Waals surface area contributed by atoms with Gasteiger partial charge >= 0.3 is 0 Å². The van der Waals surface area contributed by atoms with Gasteiger partial charge in [0.25, 0.3) is 5.91 Å². The van der Waals surface area contributed by atoms with E-state index in [4.69, 9.17) is 9.15 Å². The van der Waals surface area contributed by atoms with E-state index in [1.807, 2.05) is 37.8 Å². The summed E-state index contributed by atoms with van der Waals surface area (Å²) in [7, 11) is 0. The molecular formula is C22H26N2O3. The molecule has 1 amide bonds. The van der Waals surface area contributed by atoms with Crippen molar-refractivity contribution in [3.63, 3.8) is 0 Å². The molecule has 5 nitrogen and oxygen atoms in total. The Morgan fingerprint density at radius 2 is 1.85 bits per heavy atom. The molecule has 142 valence electrons. The highest BCUT2D eigenvalue weighted by Gasteiger charge is 2.29. The molecule has 0 N–H and O–H groups in total. The van der Waals surface area contributed by atoms with Gasteiger partial charge in [-0.05, 0) is 33.3 Å². The highest BCUT2D eigenvalue weighted by molar-refractivity contribution is 5.97. The van der Waals surface area contributed by atoms with Crippen LogP contribution >= 0.6 is 0 Å². The molecule has 4 rings (SSSR count). The molecule has 5 heteroatoms. The molecule has 3 aromatic rings. The molecule has 27 heavy (non-hydrogen) atoms. The quantitative estimate of drug-likeness (QED) is 0.700. The lowest BCUT2D eigenvalue weighted by Crippen LogP contribution is -2.48. The van der Waals surface area contributed by atoms with Gasteiger partial charge in [-0.15, -0.1) is 0 Å². The van der Waals surface area contributed by atoms with Crippen LogP contribution in [-0.2, 0) is 11.3 Å². The first-order valence-electron chi connectivity index (χ1n) is 9.50. The number of nitrogens with zero attached hydrogens (tertiary/aromatic N) is 2. The van der Waals surface area contributed by atoms with Crippen molar-refractivity contribution in [1.29, 1.82) is 0 Å². The smallest absolute Gasteiger partial charge is 0.270 e. The van der Waals surface area contributed by atoms with E-state index in [-0.39, 0.29) is 18.1 Å². The lowest BCUT2D eigenvalue weighted by Gasteiger charge is -2.35. The molecule has 1 aliphatic heterocycles. The first-order valence-corrected chi connectivity index (χ1v) is 9.50. The largest absolute Gasteiger partial charge is 0.460 e. The van der Waals surface area contributed by atoms with Gasteiger partial charge in [0.05, 0.1) is 17.7 Å². The highest BCUT2D eigenvalue weighted by Crippen LogP contribution is 2.27. The van der Waals surface area contributed by atoms with Gasteiger partial charge in [-0.3, -0.25) is 4.79 Å². The molecule has 1 saturated heterocycles. The fourth-order valence-electron chi connectivity index (χ4n) is 4.01. The summed E-state index contributed by atoms with van der Waals surface area (Å²) in [5.74, 6) is 0.888. The van der Waals surface area contributed by atoms with Gasteiger partial charge in [0.1, 0.15) is 11.5 Å². The standard InChI is InChI=1S/C22H26N2O3/c1-14-6-5-7-18(8-14)13-24-19-9-15(2)27-21(19)10-20(24)22(25)23-11-16(3)26-17(4)12-23/h5-10,16-17H,11-13H2,1-4H3. The van der Waals surface area contributed by atoms with Gasteiger partial charge in [-0.1, -0.05) is 29.8 Å². The Morgan fingerprint density at radius 1 is 1.11 bits per heavy atom. The molecule has 2 unspecified atom stereocenters. The Hall–Kier alpha value is -2.53. The van der Waals surface area contributed by atoms with Crippen LogP contribution in [0.5, 0.6) is 0 Å². The Kier molecular flexibility index (Phi) is 4.56. The van der Waals surface area contributed by atoms with Gasteiger partial charge in [-0.25, -0.2) is 0 Å². The zero-order chi connectivity index (χ0) is 19.1. The number of amides is 1. The number of fused-ring (bicyclic) bond motifs is 1. The maximum Gasteiger partial charge on any atom is 0.270 e. The van der Waals surface area contributed by atoms with Crippen molar-refractivity contribution in [3.05, 3.63) is 59.0 Å². The first kappa shape index (κ1) is 17.9. The summed E-state index contributed by atoms with van der Waals surface area (Å²) in [5.41, 5.74) is 4.78. The molecule has 0 saturated carbocycles. The second-order valence-electron chi connectivity index (χ2n) is 7.68. The summed E-state index contributed by atoms with van der Waals surface area (Å²) in [6, 6.07) is 12.3. The number of morpholine rings is 1. The van der Waals surface area contributed by atoms with E-state index in [2.05, 4.69) is 35.8 Å². The van der Waals surface area contributed by atoms with Crippen molar-refractivity contribution < 1.29 is 13.9 Å². The first-order chi connectivity index (χ1) is 12.9. The van der Waals surface area contributed by atoms with Crippen LogP contribution in [0.15, 0.2) is 40.8 Å². The summed E-state index contributed by atoms with van der Waals surface area (Å²) in [4.78, 5) is 15.2. The fourth-order valence-corrected chi connectivity index (χ4v) is 4.01. The summed E-state index contributed by atoms with van der Waals surface area (Å²) < 4.78 is 13.7. The minimum absolute atomic E-state index is 0.0358. The zero-order valence-corrected chi connectivity index (χ0v) is 16.4. The van der Waals surface area contributed by atoms with Crippen LogP contribution in [0, 0.1) is 13.8 Å². The molecule has 0 spiro atoms. The predicted molar refractivity (Wildman–Crippen MR) is 105 cm³/mol. The number of furan rings is 1. The zero-order valence-electron chi connectivity index (χ0n) is 16.4. The summed E-state index contributed by atoms with van der Waals surface area (Å²) in [6.45, 7) is 9.90. The van der Waals surface area contributed by atoms with E-state index in [0.29, 0.717) is 25.3 Å². The number of ether oxygens (including phenoxy) is 1. The number of rotatable bonds is 3. The van der Waals surface area contributed by atoms with E-state index in [9.17, 15) is 4.79 Å². The SMILES string of the molecule is Cc1cccc(Cn2c(C(=O)N3CC(C)OC(C)C3)cc3oc(C)cc32)c1. The third-order valence-corrected chi connectivity index (χ3v) is 5.06. The van der Waals surface area contributed by atoms with Crippen molar-refractivity contribution in [2.45, 2.75) is 46.4 Å². The van der Waals surface area contributed by atoms with E-state index in [0.717, 1.165) is 16.9 Å². The maximum absolute atomic E-state index is 13.3. The number of aromatic nitrogens is 1. The van der Waals surface area contributed by atoms with Crippen LogP contribution in [0.4, 0.5) is 0 Å². The number of carbonyl (C=O) groups excluding carboxylic acids is 1. The topological polar surface area (TPSA) is 47.6 Å². The summed E-state index contributed by atoms with van der Waals surface area (Å²) in [5, 5.41) is 0. The molecule has 0 radical (unpaired) electrons. The molecule has 2 atom stereocenters. The second-order valence-corrected chi connectivity index (χ2v) is 7.68. The Morgan fingerprint density at radius 3 is 2.56 bits per heavy atom. The van der Waals surface area contributed by atoms with Crippen molar-refractivity contribution in [2.24, 2.45) is 0 Å². The fraction of sp³-hybridized carbons (Fsp3) is 0.409. The third kappa shape index (κ3) is 3.52. The van der Waals surface area contributed by atoms with Crippen LogP contribution in [0.1, 0.15) is 41.2 Å². The highest BCUT2D eigenvalue weighted by atomic mass is 16.5. The average molecular weight is 366 g/mol. The van der Waals surface area contributed by atoms with Crippen LogP contribution < -0.4 is 0 Å². The maximum atomic E-state index is 13.3. The molecule has 1 aliphatic rings. The Labute approximate surface area is 159 Å². The third-order valence-electron chi connectivity index (χ3n) is 5.06. The van der Waals surface area contributed by atoms with Crippen molar-refractivity contribution in [1.82, 2.24) is 9.47 Å². The van der Waals surface area contributed by atoms with Crippen LogP contribution in [0.2, 0.25) is 0 Å². The van der Waals surface area contributed by atoms with Crippen LogP contribution in [0.3, 0.4) is 0 Å². The molecule has 0 bridgehead atoms. The van der Waals surface area contributed by atoms with Crippen molar-refractivity contribution in [3.8, 4) is 0 Å². The Balaban J connectivity index is 1.73. The number of hydrogen-bond acceptors (Lipinski definition) is 3. The molecule has 1 aromatic carbocycles. The molecular weight excluding hydrogens is 340 g/mol. The predicted octanol–water partition coefficient (Wildman–Crippen LogP) is 4.15. The van der Waals surface area contributed by atoms with Gasteiger partial charge in [0, 0.05) is 31.8 Å². The summed E-state index contributed by atoms with van der Waals surface area (Å²) in [6.07, 6.45) is 0.0891. The minimum Gasteiger partial charge on any atom is -0.460 e. The van der Waals surface area contributed by atoms with Crippen molar-refractivity contribution >= 4 is 17.0 Å². The monoisotopic (exact) mass is 366 g/mol. The number of hydrogen-bond donors (Lipinski definition) is 0.